The molecule has 0 atom stereocenters. The third-order valence-electron chi connectivity index (χ3n) is 4.95. The van der Waals surface area contributed by atoms with Gasteiger partial charge in [-0.25, -0.2) is 19.9 Å². The van der Waals surface area contributed by atoms with Crippen molar-refractivity contribution in [3.05, 3.63) is 48.0 Å². The summed E-state index contributed by atoms with van der Waals surface area (Å²) in [6, 6.07) is 8.12. The van der Waals surface area contributed by atoms with Crippen LogP contribution in [0.5, 0.6) is 0 Å². The standard InChI is InChI=1S/C19H24N8.HI/c1-14-4-5-16-15(12-14)24-17(25(16)2)13-23-18(20)26-8-10-27(11-9-26)19-21-6-3-7-22-19;/h3-7,12H,8-11,13H2,1-2H3,(H2,20,23);1H. The van der Waals surface area contributed by atoms with E-state index in [4.69, 9.17) is 10.7 Å². The van der Waals surface area contributed by atoms with Gasteiger partial charge in [-0.15, -0.1) is 24.0 Å². The van der Waals surface area contributed by atoms with Crippen molar-refractivity contribution in [1.29, 1.82) is 0 Å². The topological polar surface area (TPSA) is 88.5 Å². The molecule has 9 heteroatoms. The highest BCUT2D eigenvalue weighted by molar-refractivity contribution is 14.0. The summed E-state index contributed by atoms with van der Waals surface area (Å²) in [5, 5.41) is 0. The molecule has 1 aromatic carbocycles. The van der Waals surface area contributed by atoms with E-state index < -0.39 is 0 Å². The molecule has 1 saturated heterocycles. The SMILES string of the molecule is Cc1ccc2c(c1)nc(CN=C(N)N1CCN(c3ncccn3)CC1)n2C.I. The van der Waals surface area contributed by atoms with Crippen molar-refractivity contribution in [2.75, 3.05) is 31.1 Å². The summed E-state index contributed by atoms with van der Waals surface area (Å²) in [5.41, 5.74) is 9.55. The van der Waals surface area contributed by atoms with Crippen molar-refractivity contribution in [3.8, 4) is 0 Å². The van der Waals surface area contributed by atoms with Crippen molar-refractivity contribution in [3.63, 3.8) is 0 Å². The molecule has 28 heavy (non-hydrogen) atoms. The Bertz CT molecular complexity index is 961. The largest absolute Gasteiger partial charge is 0.370 e. The van der Waals surface area contributed by atoms with Crippen LogP contribution < -0.4 is 10.6 Å². The van der Waals surface area contributed by atoms with Crippen LogP contribution in [0.2, 0.25) is 0 Å². The molecule has 1 aliphatic heterocycles. The maximum Gasteiger partial charge on any atom is 0.225 e. The number of hydrogen-bond acceptors (Lipinski definition) is 5. The molecule has 148 valence electrons. The van der Waals surface area contributed by atoms with E-state index in [-0.39, 0.29) is 24.0 Å². The highest BCUT2D eigenvalue weighted by atomic mass is 127. The smallest absolute Gasteiger partial charge is 0.225 e. The van der Waals surface area contributed by atoms with Gasteiger partial charge in [-0.1, -0.05) is 6.07 Å². The van der Waals surface area contributed by atoms with Crippen molar-refractivity contribution in [2.24, 2.45) is 17.8 Å². The second-order valence-corrected chi connectivity index (χ2v) is 6.78. The minimum Gasteiger partial charge on any atom is -0.370 e. The van der Waals surface area contributed by atoms with E-state index in [2.05, 4.69) is 54.5 Å². The summed E-state index contributed by atoms with van der Waals surface area (Å²) >= 11 is 0. The van der Waals surface area contributed by atoms with E-state index in [0.717, 1.165) is 49.0 Å². The van der Waals surface area contributed by atoms with Gasteiger partial charge in [-0.05, 0) is 30.7 Å². The zero-order valence-electron chi connectivity index (χ0n) is 16.1. The molecule has 1 aliphatic rings. The van der Waals surface area contributed by atoms with Crippen LogP contribution in [0.15, 0.2) is 41.7 Å². The molecule has 3 heterocycles. The monoisotopic (exact) mass is 492 g/mol. The van der Waals surface area contributed by atoms with Crippen LogP contribution >= 0.6 is 24.0 Å². The summed E-state index contributed by atoms with van der Waals surface area (Å²) in [5.74, 6) is 2.24. The second-order valence-electron chi connectivity index (χ2n) is 6.78. The average molecular weight is 492 g/mol. The fourth-order valence-electron chi connectivity index (χ4n) is 3.34. The first-order chi connectivity index (χ1) is 13.1. The number of nitrogens with two attached hydrogens (primary N) is 1. The average Bonchev–Trinajstić information content (AvgIpc) is 3.01. The van der Waals surface area contributed by atoms with Gasteiger partial charge in [0.1, 0.15) is 12.4 Å². The Morgan fingerprint density at radius 2 is 1.86 bits per heavy atom. The highest BCUT2D eigenvalue weighted by Gasteiger charge is 2.20. The van der Waals surface area contributed by atoms with Crippen LogP contribution in [-0.2, 0) is 13.6 Å². The number of aromatic nitrogens is 4. The fraction of sp³-hybridized carbons (Fsp3) is 0.368. The molecule has 2 N–H and O–H groups in total. The number of fused-ring (bicyclic) bond motifs is 1. The Morgan fingerprint density at radius 3 is 2.57 bits per heavy atom. The van der Waals surface area contributed by atoms with Crippen molar-refractivity contribution >= 4 is 46.9 Å². The molecule has 0 amide bonds. The van der Waals surface area contributed by atoms with Gasteiger partial charge in [0, 0.05) is 45.6 Å². The third-order valence-corrected chi connectivity index (χ3v) is 4.95. The number of aryl methyl sites for hydroxylation is 2. The molecule has 0 unspecified atom stereocenters. The highest BCUT2D eigenvalue weighted by Crippen LogP contribution is 2.17. The van der Waals surface area contributed by atoms with Crippen molar-refractivity contribution in [2.45, 2.75) is 13.5 Å². The van der Waals surface area contributed by atoms with E-state index in [1.165, 1.54) is 5.56 Å². The predicted octanol–water partition coefficient (Wildman–Crippen LogP) is 1.93. The maximum absolute atomic E-state index is 6.24. The van der Waals surface area contributed by atoms with Gasteiger partial charge in [-0.2, -0.15) is 0 Å². The Morgan fingerprint density at radius 1 is 1.14 bits per heavy atom. The number of hydrogen-bond donors (Lipinski definition) is 1. The van der Waals surface area contributed by atoms with Crippen molar-refractivity contribution < 1.29 is 0 Å². The van der Waals surface area contributed by atoms with Crippen LogP contribution in [0.3, 0.4) is 0 Å². The number of halogens is 1. The molecular weight excluding hydrogens is 467 g/mol. The zero-order valence-corrected chi connectivity index (χ0v) is 18.4. The lowest BCUT2D eigenvalue weighted by Gasteiger charge is -2.35. The molecule has 0 bridgehead atoms. The summed E-state index contributed by atoms with van der Waals surface area (Å²) < 4.78 is 2.08. The van der Waals surface area contributed by atoms with Gasteiger partial charge in [0.25, 0.3) is 0 Å². The first-order valence-corrected chi connectivity index (χ1v) is 9.10. The van der Waals surface area contributed by atoms with E-state index in [1.807, 2.05) is 13.1 Å². The molecule has 0 spiro atoms. The lowest BCUT2D eigenvalue weighted by atomic mass is 10.2. The summed E-state index contributed by atoms with van der Waals surface area (Å²) in [6.07, 6.45) is 3.53. The molecule has 0 radical (unpaired) electrons. The number of rotatable bonds is 3. The molecule has 1 fully saturated rings. The lowest BCUT2D eigenvalue weighted by molar-refractivity contribution is 0.378. The van der Waals surface area contributed by atoms with Crippen LogP contribution in [0.1, 0.15) is 11.4 Å². The molecule has 8 nitrogen and oxygen atoms in total. The molecular formula is C19H25IN8. The Labute approximate surface area is 181 Å². The Kier molecular flexibility index (Phi) is 6.32. The van der Waals surface area contributed by atoms with Crippen molar-refractivity contribution in [1.82, 2.24) is 24.4 Å². The van der Waals surface area contributed by atoms with Crippen LogP contribution in [0.25, 0.3) is 11.0 Å². The van der Waals surface area contributed by atoms with E-state index >= 15 is 0 Å². The number of piperazine rings is 1. The summed E-state index contributed by atoms with van der Waals surface area (Å²) in [4.78, 5) is 22.2. The minimum absolute atomic E-state index is 0. The zero-order chi connectivity index (χ0) is 18.8. The summed E-state index contributed by atoms with van der Waals surface area (Å²) in [7, 11) is 2.02. The number of anilines is 1. The third kappa shape index (κ3) is 4.18. The molecule has 3 aromatic rings. The summed E-state index contributed by atoms with van der Waals surface area (Å²) in [6.45, 7) is 5.80. The maximum atomic E-state index is 6.24. The second kappa shape index (κ2) is 8.72. The number of aliphatic imine (C=N–C) groups is 1. The van der Waals surface area contributed by atoms with Gasteiger partial charge < -0.3 is 20.1 Å². The predicted molar refractivity (Wildman–Crippen MR) is 122 cm³/mol. The first kappa shape index (κ1) is 20.3. The minimum atomic E-state index is 0. The normalized spacial score (nSPS) is 15.0. The number of nitrogens with zero attached hydrogens (tertiary/aromatic N) is 7. The number of imidazole rings is 1. The van der Waals surface area contributed by atoms with Gasteiger partial charge in [0.15, 0.2) is 5.96 Å². The quantitative estimate of drug-likeness (QED) is 0.342. The van der Waals surface area contributed by atoms with Gasteiger partial charge >= 0.3 is 0 Å². The van der Waals surface area contributed by atoms with Gasteiger partial charge in [0.2, 0.25) is 5.95 Å². The molecule has 4 rings (SSSR count). The van der Waals surface area contributed by atoms with E-state index in [9.17, 15) is 0 Å². The molecule has 2 aromatic heterocycles. The first-order valence-electron chi connectivity index (χ1n) is 9.10. The van der Waals surface area contributed by atoms with Crippen LogP contribution in [0.4, 0.5) is 5.95 Å². The van der Waals surface area contributed by atoms with Crippen LogP contribution in [0, 0.1) is 6.92 Å². The Hall–Kier alpha value is -2.43. The van der Waals surface area contributed by atoms with Crippen LogP contribution in [-0.4, -0.2) is 56.6 Å². The Balaban J connectivity index is 0.00000225. The number of benzene rings is 1. The molecule has 0 aliphatic carbocycles. The van der Waals surface area contributed by atoms with E-state index in [0.29, 0.717) is 12.5 Å². The van der Waals surface area contributed by atoms with Gasteiger partial charge in [0.05, 0.1) is 11.0 Å². The number of guanidine groups is 1. The fourth-order valence-corrected chi connectivity index (χ4v) is 3.34. The van der Waals surface area contributed by atoms with Gasteiger partial charge in [-0.3, -0.25) is 0 Å². The lowest BCUT2D eigenvalue weighted by Crippen LogP contribution is -2.51. The van der Waals surface area contributed by atoms with E-state index in [1.54, 1.807) is 12.4 Å². The molecule has 0 saturated carbocycles.